The SMILES string of the molecule is Cc1ccc(COCCN)cn1. The summed E-state index contributed by atoms with van der Waals surface area (Å²) >= 11 is 0. The van der Waals surface area contributed by atoms with Gasteiger partial charge in [-0.15, -0.1) is 0 Å². The van der Waals surface area contributed by atoms with Crippen molar-refractivity contribution >= 4 is 0 Å². The normalized spacial score (nSPS) is 10.2. The van der Waals surface area contributed by atoms with Crippen LogP contribution in [-0.2, 0) is 11.3 Å². The summed E-state index contributed by atoms with van der Waals surface area (Å²) in [6.07, 6.45) is 1.83. The molecule has 1 heterocycles. The van der Waals surface area contributed by atoms with Crippen LogP contribution in [0.1, 0.15) is 11.3 Å². The van der Waals surface area contributed by atoms with E-state index in [1.54, 1.807) is 0 Å². The molecular formula is C9H14N2O. The summed E-state index contributed by atoms with van der Waals surface area (Å²) in [6.45, 7) is 3.74. The van der Waals surface area contributed by atoms with Crippen molar-refractivity contribution < 1.29 is 4.74 Å². The molecular weight excluding hydrogens is 152 g/mol. The van der Waals surface area contributed by atoms with Crippen molar-refractivity contribution in [2.75, 3.05) is 13.2 Å². The molecule has 1 rings (SSSR count). The molecule has 2 N–H and O–H groups in total. The van der Waals surface area contributed by atoms with Gasteiger partial charge < -0.3 is 10.5 Å². The van der Waals surface area contributed by atoms with Crippen LogP contribution in [0.3, 0.4) is 0 Å². The first-order chi connectivity index (χ1) is 5.83. The molecule has 0 saturated heterocycles. The third-order valence-corrected chi connectivity index (χ3v) is 1.50. The average Bonchev–Trinajstić information content (AvgIpc) is 2.09. The molecule has 0 unspecified atom stereocenters. The molecule has 0 bridgehead atoms. The van der Waals surface area contributed by atoms with E-state index >= 15 is 0 Å². The quantitative estimate of drug-likeness (QED) is 0.675. The van der Waals surface area contributed by atoms with Gasteiger partial charge in [-0.25, -0.2) is 0 Å². The van der Waals surface area contributed by atoms with E-state index in [0.717, 1.165) is 11.3 Å². The second-order valence-electron chi connectivity index (χ2n) is 2.65. The highest BCUT2D eigenvalue weighted by Gasteiger charge is 1.92. The Morgan fingerprint density at radius 2 is 2.33 bits per heavy atom. The van der Waals surface area contributed by atoms with E-state index in [0.29, 0.717) is 19.8 Å². The fourth-order valence-electron chi connectivity index (χ4n) is 0.857. The van der Waals surface area contributed by atoms with Crippen LogP contribution in [0.25, 0.3) is 0 Å². The van der Waals surface area contributed by atoms with E-state index in [4.69, 9.17) is 10.5 Å². The van der Waals surface area contributed by atoms with E-state index in [-0.39, 0.29) is 0 Å². The molecule has 3 nitrogen and oxygen atoms in total. The van der Waals surface area contributed by atoms with E-state index in [1.165, 1.54) is 0 Å². The van der Waals surface area contributed by atoms with E-state index in [9.17, 15) is 0 Å². The molecule has 12 heavy (non-hydrogen) atoms. The molecule has 0 aliphatic rings. The second kappa shape index (κ2) is 4.85. The van der Waals surface area contributed by atoms with Gasteiger partial charge in [0.2, 0.25) is 0 Å². The third kappa shape index (κ3) is 2.98. The van der Waals surface area contributed by atoms with Crippen LogP contribution in [0.4, 0.5) is 0 Å². The monoisotopic (exact) mass is 166 g/mol. The molecule has 0 fully saturated rings. The summed E-state index contributed by atoms with van der Waals surface area (Å²) in [7, 11) is 0. The van der Waals surface area contributed by atoms with Crippen LogP contribution in [0.2, 0.25) is 0 Å². The zero-order valence-electron chi connectivity index (χ0n) is 7.29. The van der Waals surface area contributed by atoms with Crippen LogP contribution in [0, 0.1) is 6.92 Å². The number of nitrogens with two attached hydrogens (primary N) is 1. The van der Waals surface area contributed by atoms with Gasteiger partial charge in [0, 0.05) is 18.4 Å². The summed E-state index contributed by atoms with van der Waals surface area (Å²) in [5, 5.41) is 0. The van der Waals surface area contributed by atoms with Gasteiger partial charge in [-0.1, -0.05) is 6.07 Å². The molecule has 0 aromatic carbocycles. The van der Waals surface area contributed by atoms with Gasteiger partial charge in [0.1, 0.15) is 0 Å². The first-order valence-corrected chi connectivity index (χ1v) is 4.02. The molecule has 0 saturated carbocycles. The minimum atomic E-state index is 0.569. The topological polar surface area (TPSA) is 48.1 Å². The number of rotatable bonds is 4. The minimum Gasteiger partial charge on any atom is -0.375 e. The Balaban J connectivity index is 2.37. The first kappa shape index (κ1) is 9.16. The summed E-state index contributed by atoms with van der Waals surface area (Å²) in [5.74, 6) is 0. The highest BCUT2D eigenvalue weighted by Crippen LogP contribution is 2.00. The predicted octanol–water partition coefficient (Wildman–Crippen LogP) is 0.865. The summed E-state index contributed by atoms with van der Waals surface area (Å²) in [5.41, 5.74) is 7.39. The van der Waals surface area contributed by atoms with Crippen molar-refractivity contribution in [3.05, 3.63) is 29.6 Å². The van der Waals surface area contributed by atoms with Gasteiger partial charge in [0.15, 0.2) is 0 Å². The Labute approximate surface area is 72.6 Å². The van der Waals surface area contributed by atoms with Gasteiger partial charge in [-0.2, -0.15) is 0 Å². The van der Waals surface area contributed by atoms with Crippen LogP contribution in [0.5, 0.6) is 0 Å². The lowest BCUT2D eigenvalue weighted by Crippen LogP contribution is -2.08. The van der Waals surface area contributed by atoms with Gasteiger partial charge in [-0.3, -0.25) is 4.98 Å². The zero-order valence-corrected chi connectivity index (χ0v) is 7.29. The maximum absolute atomic E-state index is 5.28. The number of aryl methyl sites for hydroxylation is 1. The fraction of sp³-hybridized carbons (Fsp3) is 0.444. The number of hydrogen-bond acceptors (Lipinski definition) is 3. The van der Waals surface area contributed by atoms with Crippen molar-refractivity contribution in [3.63, 3.8) is 0 Å². The molecule has 0 radical (unpaired) electrons. The Kier molecular flexibility index (Phi) is 3.70. The van der Waals surface area contributed by atoms with Gasteiger partial charge in [-0.05, 0) is 18.6 Å². The molecule has 3 heteroatoms. The lowest BCUT2D eigenvalue weighted by Gasteiger charge is -2.01. The molecule has 1 aromatic heterocycles. The fourth-order valence-corrected chi connectivity index (χ4v) is 0.857. The number of aromatic nitrogens is 1. The van der Waals surface area contributed by atoms with Crippen LogP contribution in [-0.4, -0.2) is 18.1 Å². The smallest absolute Gasteiger partial charge is 0.0732 e. The molecule has 0 atom stereocenters. The van der Waals surface area contributed by atoms with E-state index in [2.05, 4.69) is 4.98 Å². The zero-order chi connectivity index (χ0) is 8.81. The molecule has 0 spiro atoms. The average molecular weight is 166 g/mol. The largest absolute Gasteiger partial charge is 0.375 e. The van der Waals surface area contributed by atoms with Crippen LogP contribution >= 0.6 is 0 Å². The predicted molar refractivity (Wildman–Crippen MR) is 47.7 cm³/mol. The molecule has 0 amide bonds. The van der Waals surface area contributed by atoms with Crippen molar-refractivity contribution in [1.29, 1.82) is 0 Å². The Bertz CT molecular complexity index is 220. The highest BCUT2D eigenvalue weighted by atomic mass is 16.5. The minimum absolute atomic E-state index is 0.569. The van der Waals surface area contributed by atoms with E-state index in [1.807, 2.05) is 25.3 Å². The van der Waals surface area contributed by atoms with Crippen molar-refractivity contribution in [1.82, 2.24) is 4.98 Å². The Morgan fingerprint density at radius 1 is 1.50 bits per heavy atom. The maximum Gasteiger partial charge on any atom is 0.0732 e. The first-order valence-electron chi connectivity index (χ1n) is 4.02. The Morgan fingerprint density at radius 3 is 2.92 bits per heavy atom. The lowest BCUT2D eigenvalue weighted by atomic mass is 10.3. The van der Waals surface area contributed by atoms with Gasteiger partial charge in [0.05, 0.1) is 13.2 Å². The number of hydrogen-bond donors (Lipinski definition) is 1. The lowest BCUT2D eigenvalue weighted by molar-refractivity contribution is 0.128. The summed E-state index contributed by atoms with van der Waals surface area (Å²) < 4.78 is 5.24. The van der Waals surface area contributed by atoms with Gasteiger partial charge >= 0.3 is 0 Å². The maximum atomic E-state index is 5.28. The molecule has 0 aliphatic carbocycles. The van der Waals surface area contributed by atoms with Crippen molar-refractivity contribution in [2.24, 2.45) is 5.73 Å². The molecule has 0 aliphatic heterocycles. The summed E-state index contributed by atoms with van der Waals surface area (Å²) in [6, 6.07) is 3.99. The molecule has 1 aromatic rings. The number of ether oxygens (including phenoxy) is 1. The molecule has 66 valence electrons. The number of nitrogens with zero attached hydrogens (tertiary/aromatic N) is 1. The second-order valence-corrected chi connectivity index (χ2v) is 2.65. The summed E-state index contributed by atoms with van der Waals surface area (Å²) in [4.78, 5) is 4.15. The van der Waals surface area contributed by atoms with Crippen molar-refractivity contribution in [3.8, 4) is 0 Å². The Hall–Kier alpha value is -0.930. The third-order valence-electron chi connectivity index (χ3n) is 1.50. The highest BCUT2D eigenvalue weighted by molar-refractivity contribution is 5.11. The van der Waals surface area contributed by atoms with Crippen molar-refractivity contribution in [2.45, 2.75) is 13.5 Å². The number of pyridine rings is 1. The van der Waals surface area contributed by atoms with Gasteiger partial charge in [0.25, 0.3) is 0 Å². The van der Waals surface area contributed by atoms with E-state index < -0.39 is 0 Å². The standard InChI is InChI=1S/C9H14N2O/c1-8-2-3-9(6-11-8)7-12-5-4-10/h2-3,6H,4-5,7,10H2,1H3. The van der Waals surface area contributed by atoms with Crippen LogP contribution in [0.15, 0.2) is 18.3 Å². The van der Waals surface area contributed by atoms with Crippen LogP contribution < -0.4 is 5.73 Å².